The van der Waals surface area contributed by atoms with Crippen molar-refractivity contribution in [2.75, 3.05) is 0 Å². The van der Waals surface area contributed by atoms with Crippen LogP contribution >= 0.6 is 11.6 Å². The Kier molecular flexibility index (Phi) is 2.86. The van der Waals surface area contributed by atoms with Crippen LogP contribution in [0.15, 0.2) is 41.3 Å². The molecule has 0 aliphatic heterocycles. The van der Waals surface area contributed by atoms with Gasteiger partial charge in [0.25, 0.3) is 5.56 Å². The van der Waals surface area contributed by atoms with Crippen LogP contribution in [0.1, 0.15) is 18.5 Å². The molecule has 0 bridgehead atoms. The normalized spacial score (nSPS) is 14.7. The molecule has 1 aromatic carbocycles. The van der Waals surface area contributed by atoms with E-state index in [4.69, 9.17) is 11.6 Å². The Bertz CT molecular complexity index is 877. The molecule has 106 valence electrons. The lowest BCUT2D eigenvalue weighted by atomic mass is 10.1. The first-order valence-corrected chi connectivity index (χ1v) is 7.44. The lowest BCUT2D eigenvalue weighted by Gasteiger charge is -2.02. The van der Waals surface area contributed by atoms with Crippen LogP contribution in [-0.4, -0.2) is 14.6 Å². The maximum absolute atomic E-state index is 12.2. The van der Waals surface area contributed by atoms with Gasteiger partial charge < -0.3 is 0 Å². The monoisotopic (exact) mass is 299 g/mol. The van der Waals surface area contributed by atoms with E-state index in [-0.39, 0.29) is 5.56 Å². The standard InChI is InChI=1S/C16H14ClN3O/c17-12-3-1-2-11(7-12)14-9-18-20-15(21)8-13(19-16(14)20)6-10-4-5-10/h1-3,7-10,18H,4-6H2. The van der Waals surface area contributed by atoms with Crippen molar-refractivity contribution >= 4 is 17.2 Å². The molecule has 1 saturated carbocycles. The predicted octanol–water partition coefficient (Wildman–Crippen LogP) is 3.30. The van der Waals surface area contributed by atoms with Crippen LogP contribution in [0.3, 0.4) is 0 Å². The molecule has 3 aromatic rings. The molecule has 0 unspecified atom stereocenters. The number of benzene rings is 1. The smallest absolute Gasteiger partial charge is 0.272 e. The van der Waals surface area contributed by atoms with Crippen molar-refractivity contribution in [2.45, 2.75) is 19.3 Å². The van der Waals surface area contributed by atoms with Crippen molar-refractivity contribution in [3.8, 4) is 11.1 Å². The Morgan fingerprint density at radius 1 is 1.33 bits per heavy atom. The largest absolute Gasteiger partial charge is 0.296 e. The van der Waals surface area contributed by atoms with E-state index in [1.165, 1.54) is 17.4 Å². The lowest BCUT2D eigenvalue weighted by molar-refractivity contribution is 0.788. The van der Waals surface area contributed by atoms with E-state index in [2.05, 4.69) is 10.1 Å². The molecule has 0 saturated heterocycles. The van der Waals surface area contributed by atoms with Crippen molar-refractivity contribution in [3.05, 3.63) is 57.6 Å². The van der Waals surface area contributed by atoms with Crippen LogP contribution in [0.25, 0.3) is 16.8 Å². The summed E-state index contributed by atoms with van der Waals surface area (Å²) in [6.45, 7) is 0. The Hall–Kier alpha value is -2.07. The number of H-pyrrole nitrogens is 1. The maximum Gasteiger partial charge on any atom is 0.272 e. The van der Waals surface area contributed by atoms with Gasteiger partial charge in [0, 0.05) is 28.5 Å². The summed E-state index contributed by atoms with van der Waals surface area (Å²) in [6.07, 6.45) is 5.19. The molecular weight excluding hydrogens is 286 g/mol. The first-order chi connectivity index (χ1) is 10.2. The number of nitrogens with one attached hydrogen (secondary N) is 1. The van der Waals surface area contributed by atoms with E-state index in [9.17, 15) is 4.79 Å². The number of aromatic nitrogens is 3. The number of nitrogens with zero attached hydrogens (tertiary/aromatic N) is 2. The van der Waals surface area contributed by atoms with Gasteiger partial charge in [-0.25, -0.2) is 9.50 Å². The number of rotatable bonds is 3. The van der Waals surface area contributed by atoms with Crippen LogP contribution in [0.5, 0.6) is 0 Å². The summed E-state index contributed by atoms with van der Waals surface area (Å²) >= 11 is 6.05. The van der Waals surface area contributed by atoms with E-state index in [1.54, 1.807) is 12.3 Å². The fourth-order valence-electron chi connectivity index (χ4n) is 2.62. The molecule has 5 heteroatoms. The summed E-state index contributed by atoms with van der Waals surface area (Å²) in [4.78, 5) is 16.8. The zero-order valence-corrected chi connectivity index (χ0v) is 12.1. The van der Waals surface area contributed by atoms with Crippen LogP contribution in [-0.2, 0) is 6.42 Å². The van der Waals surface area contributed by atoms with E-state index < -0.39 is 0 Å². The summed E-state index contributed by atoms with van der Waals surface area (Å²) in [5, 5.41) is 3.64. The number of hydrogen-bond acceptors (Lipinski definition) is 2. The summed E-state index contributed by atoms with van der Waals surface area (Å²) in [5.74, 6) is 0.702. The Labute approximate surface area is 126 Å². The van der Waals surface area contributed by atoms with Gasteiger partial charge in [0.1, 0.15) is 0 Å². The van der Waals surface area contributed by atoms with Gasteiger partial charge in [-0.3, -0.25) is 9.89 Å². The molecular formula is C16H14ClN3O. The number of aromatic amines is 1. The van der Waals surface area contributed by atoms with E-state index in [0.717, 1.165) is 23.2 Å². The Balaban J connectivity index is 1.89. The minimum Gasteiger partial charge on any atom is -0.296 e. The van der Waals surface area contributed by atoms with Crippen molar-refractivity contribution in [1.82, 2.24) is 14.6 Å². The zero-order valence-electron chi connectivity index (χ0n) is 11.3. The van der Waals surface area contributed by atoms with Crippen molar-refractivity contribution < 1.29 is 0 Å². The molecule has 1 aliphatic rings. The molecule has 4 nitrogen and oxygen atoms in total. The van der Waals surface area contributed by atoms with E-state index in [1.807, 2.05) is 24.3 Å². The van der Waals surface area contributed by atoms with Crippen LogP contribution < -0.4 is 5.56 Å². The lowest BCUT2D eigenvalue weighted by Crippen LogP contribution is -2.15. The van der Waals surface area contributed by atoms with Gasteiger partial charge in [-0.1, -0.05) is 23.7 Å². The minimum absolute atomic E-state index is 0.0658. The third kappa shape index (κ3) is 2.36. The third-order valence-corrected chi connectivity index (χ3v) is 4.12. The average Bonchev–Trinajstić information content (AvgIpc) is 3.15. The molecule has 21 heavy (non-hydrogen) atoms. The topological polar surface area (TPSA) is 50.2 Å². The second kappa shape index (κ2) is 4.74. The molecule has 0 amide bonds. The Morgan fingerprint density at radius 3 is 2.95 bits per heavy atom. The van der Waals surface area contributed by atoms with Crippen LogP contribution in [0, 0.1) is 5.92 Å². The predicted molar refractivity (Wildman–Crippen MR) is 82.7 cm³/mol. The summed E-state index contributed by atoms with van der Waals surface area (Å²) in [7, 11) is 0. The summed E-state index contributed by atoms with van der Waals surface area (Å²) < 4.78 is 1.48. The van der Waals surface area contributed by atoms with Gasteiger partial charge in [0.2, 0.25) is 0 Å². The fraction of sp³-hybridized carbons (Fsp3) is 0.250. The van der Waals surface area contributed by atoms with Crippen LogP contribution in [0.4, 0.5) is 0 Å². The van der Waals surface area contributed by atoms with Crippen LogP contribution in [0.2, 0.25) is 5.02 Å². The second-order valence-corrected chi connectivity index (χ2v) is 6.03. The van der Waals surface area contributed by atoms with Gasteiger partial charge in [-0.2, -0.15) is 0 Å². The number of hydrogen-bond donors (Lipinski definition) is 1. The first kappa shape index (κ1) is 12.7. The highest BCUT2D eigenvalue weighted by Gasteiger charge is 2.23. The molecule has 1 N–H and O–H groups in total. The highest BCUT2D eigenvalue weighted by Crippen LogP contribution is 2.32. The van der Waals surface area contributed by atoms with E-state index in [0.29, 0.717) is 16.6 Å². The molecule has 4 rings (SSSR count). The van der Waals surface area contributed by atoms with Gasteiger partial charge >= 0.3 is 0 Å². The van der Waals surface area contributed by atoms with E-state index >= 15 is 0 Å². The number of fused-ring (bicyclic) bond motifs is 1. The van der Waals surface area contributed by atoms with Gasteiger partial charge in [-0.05, 0) is 42.9 Å². The SMILES string of the molecule is O=c1cc(CC2CC2)nc2c(-c3cccc(Cl)c3)c[nH]n12. The maximum atomic E-state index is 12.2. The highest BCUT2D eigenvalue weighted by atomic mass is 35.5. The summed E-state index contributed by atoms with van der Waals surface area (Å²) in [6, 6.07) is 9.20. The first-order valence-electron chi connectivity index (χ1n) is 7.07. The second-order valence-electron chi connectivity index (χ2n) is 5.59. The average molecular weight is 300 g/mol. The van der Waals surface area contributed by atoms with Crippen molar-refractivity contribution in [2.24, 2.45) is 5.92 Å². The van der Waals surface area contributed by atoms with Crippen molar-refractivity contribution in [1.29, 1.82) is 0 Å². The Morgan fingerprint density at radius 2 is 2.19 bits per heavy atom. The molecule has 1 aliphatic carbocycles. The quantitative estimate of drug-likeness (QED) is 0.807. The third-order valence-electron chi connectivity index (χ3n) is 3.88. The molecule has 2 aromatic heterocycles. The summed E-state index contributed by atoms with van der Waals surface area (Å²) in [5.41, 5.74) is 3.33. The molecule has 1 fully saturated rings. The molecule has 0 spiro atoms. The van der Waals surface area contributed by atoms with Gasteiger partial charge in [-0.15, -0.1) is 0 Å². The van der Waals surface area contributed by atoms with Gasteiger partial charge in [0.15, 0.2) is 5.65 Å². The molecule has 2 heterocycles. The number of halogens is 1. The zero-order chi connectivity index (χ0) is 14.4. The van der Waals surface area contributed by atoms with Gasteiger partial charge in [0.05, 0.1) is 0 Å². The fourth-order valence-corrected chi connectivity index (χ4v) is 2.81. The minimum atomic E-state index is -0.0658. The van der Waals surface area contributed by atoms with Crippen molar-refractivity contribution in [3.63, 3.8) is 0 Å². The molecule has 0 atom stereocenters. The molecule has 0 radical (unpaired) electrons. The highest BCUT2D eigenvalue weighted by molar-refractivity contribution is 6.30.